The van der Waals surface area contributed by atoms with Crippen LogP contribution in [0, 0.1) is 6.92 Å². The summed E-state index contributed by atoms with van der Waals surface area (Å²) in [6.45, 7) is 4.29. The number of aryl methyl sites for hydroxylation is 1. The van der Waals surface area contributed by atoms with Crippen LogP contribution in [0.5, 0.6) is 0 Å². The average molecular weight is 434 g/mol. The van der Waals surface area contributed by atoms with Gasteiger partial charge < -0.3 is 9.73 Å². The van der Waals surface area contributed by atoms with Crippen molar-refractivity contribution in [2.75, 3.05) is 5.32 Å². The van der Waals surface area contributed by atoms with Gasteiger partial charge in [-0.25, -0.2) is 0 Å². The van der Waals surface area contributed by atoms with Crippen LogP contribution in [0.2, 0.25) is 0 Å². The third-order valence-corrected chi connectivity index (χ3v) is 5.65. The van der Waals surface area contributed by atoms with E-state index in [2.05, 4.69) is 22.4 Å². The molecule has 3 aromatic rings. The summed E-state index contributed by atoms with van der Waals surface area (Å²) in [5, 5.41) is 11.3. The lowest BCUT2D eigenvalue weighted by Gasteiger charge is -2.06. The number of aromatic nitrogens is 2. The number of nitrogens with zero attached hydrogens (tertiary/aromatic N) is 2. The van der Waals surface area contributed by atoms with Gasteiger partial charge in [0.25, 0.3) is 0 Å². The van der Waals surface area contributed by atoms with Gasteiger partial charge in [0, 0.05) is 23.2 Å². The third-order valence-electron chi connectivity index (χ3n) is 5.65. The summed E-state index contributed by atoms with van der Waals surface area (Å²) in [7, 11) is 0. The van der Waals surface area contributed by atoms with Crippen molar-refractivity contribution >= 4 is 11.6 Å². The fourth-order valence-electron chi connectivity index (χ4n) is 3.67. The summed E-state index contributed by atoms with van der Waals surface area (Å²) >= 11 is 0. The quantitative estimate of drug-likeness (QED) is 0.282. The fraction of sp³-hybridized carbons (Fsp3) is 0.444. The standard InChI is InChI=1S/C27H35N3O2/c1-3-4-5-6-7-8-9-10-11-12-25(31)28-24-19-17-23(18-20-24)27-30-29-26(32-27)22-15-13-21(2)14-16-22/h13-20H,3-12H2,1-2H3,(H,28,31). The van der Waals surface area contributed by atoms with E-state index in [9.17, 15) is 4.79 Å². The number of nitrogens with one attached hydrogen (secondary N) is 1. The van der Waals surface area contributed by atoms with Crippen molar-refractivity contribution in [1.82, 2.24) is 10.2 Å². The number of carbonyl (C=O) groups is 1. The Balaban J connectivity index is 1.39. The first kappa shape index (κ1) is 23.7. The second kappa shape index (κ2) is 12.8. The van der Waals surface area contributed by atoms with Crippen molar-refractivity contribution in [3.8, 4) is 22.9 Å². The van der Waals surface area contributed by atoms with E-state index in [-0.39, 0.29) is 5.91 Å². The third kappa shape index (κ3) is 7.63. The van der Waals surface area contributed by atoms with Gasteiger partial charge in [0.05, 0.1) is 0 Å². The predicted octanol–water partition coefficient (Wildman–Crippen LogP) is 7.57. The molecule has 0 saturated carbocycles. The normalized spacial score (nSPS) is 10.9. The van der Waals surface area contributed by atoms with E-state index in [1.54, 1.807) is 0 Å². The second-order valence-electron chi connectivity index (χ2n) is 8.48. The number of hydrogen-bond acceptors (Lipinski definition) is 4. The summed E-state index contributed by atoms with van der Waals surface area (Å²) in [6.07, 6.45) is 11.8. The van der Waals surface area contributed by atoms with Crippen molar-refractivity contribution in [2.45, 2.75) is 78.1 Å². The molecule has 32 heavy (non-hydrogen) atoms. The number of unbranched alkanes of at least 4 members (excludes halogenated alkanes) is 8. The van der Waals surface area contributed by atoms with Crippen LogP contribution in [0.3, 0.4) is 0 Å². The summed E-state index contributed by atoms with van der Waals surface area (Å²) in [6, 6.07) is 15.5. The zero-order chi connectivity index (χ0) is 22.6. The van der Waals surface area contributed by atoms with Gasteiger partial charge in [0.1, 0.15) is 0 Å². The minimum Gasteiger partial charge on any atom is -0.416 e. The Labute approximate surface area is 191 Å². The molecule has 1 amide bonds. The molecule has 0 bridgehead atoms. The zero-order valence-corrected chi connectivity index (χ0v) is 19.4. The van der Waals surface area contributed by atoms with Crippen LogP contribution < -0.4 is 5.32 Å². The SMILES string of the molecule is CCCCCCCCCCCC(=O)Nc1ccc(-c2nnc(-c3ccc(C)cc3)o2)cc1. The highest BCUT2D eigenvalue weighted by molar-refractivity contribution is 5.90. The molecular formula is C27H35N3O2. The Hall–Kier alpha value is -2.95. The van der Waals surface area contributed by atoms with Crippen molar-refractivity contribution in [1.29, 1.82) is 0 Å². The van der Waals surface area contributed by atoms with Gasteiger partial charge in [-0.2, -0.15) is 0 Å². The largest absolute Gasteiger partial charge is 0.416 e. The molecule has 0 aliphatic heterocycles. The first-order valence-electron chi connectivity index (χ1n) is 12.0. The van der Waals surface area contributed by atoms with Crippen molar-refractivity contribution < 1.29 is 9.21 Å². The molecular weight excluding hydrogens is 398 g/mol. The van der Waals surface area contributed by atoms with Crippen molar-refractivity contribution in [2.24, 2.45) is 0 Å². The van der Waals surface area contributed by atoms with E-state index in [4.69, 9.17) is 4.42 Å². The zero-order valence-electron chi connectivity index (χ0n) is 19.4. The molecule has 5 nitrogen and oxygen atoms in total. The number of benzene rings is 2. The van der Waals surface area contributed by atoms with Crippen LogP contribution in [-0.4, -0.2) is 16.1 Å². The van der Waals surface area contributed by atoms with E-state index < -0.39 is 0 Å². The minimum atomic E-state index is 0.0696. The Kier molecular flexibility index (Phi) is 9.48. The Morgan fingerprint density at radius 2 is 1.25 bits per heavy atom. The van der Waals surface area contributed by atoms with Crippen LogP contribution in [-0.2, 0) is 4.79 Å². The number of hydrogen-bond donors (Lipinski definition) is 1. The van der Waals surface area contributed by atoms with E-state index in [1.807, 2.05) is 55.5 Å². The molecule has 0 fully saturated rings. The van der Waals surface area contributed by atoms with Gasteiger partial charge >= 0.3 is 0 Å². The molecule has 0 atom stereocenters. The summed E-state index contributed by atoms with van der Waals surface area (Å²) in [5.74, 6) is 1.03. The second-order valence-corrected chi connectivity index (χ2v) is 8.48. The molecule has 0 saturated heterocycles. The molecule has 0 spiro atoms. The molecule has 3 rings (SSSR count). The molecule has 5 heteroatoms. The number of rotatable bonds is 13. The maximum absolute atomic E-state index is 12.2. The molecule has 0 aliphatic carbocycles. The van der Waals surface area contributed by atoms with Crippen LogP contribution in [0.25, 0.3) is 22.9 Å². The summed E-state index contributed by atoms with van der Waals surface area (Å²) in [5.41, 5.74) is 3.69. The molecule has 2 aromatic carbocycles. The van der Waals surface area contributed by atoms with Crippen molar-refractivity contribution in [3.63, 3.8) is 0 Å². The van der Waals surface area contributed by atoms with E-state index in [1.165, 1.54) is 50.5 Å². The van der Waals surface area contributed by atoms with Gasteiger partial charge in [0.15, 0.2) is 0 Å². The first-order chi connectivity index (χ1) is 15.7. The molecule has 1 aromatic heterocycles. The lowest BCUT2D eigenvalue weighted by atomic mass is 10.1. The maximum Gasteiger partial charge on any atom is 0.248 e. The highest BCUT2D eigenvalue weighted by atomic mass is 16.4. The fourth-order valence-corrected chi connectivity index (χ4v) is 3.67. The van der Waals surface area contributed by atoms with Gasteiger partial charge in [-0.15, -0.1) is 10.2 Å². The first-order valence-corrected chi connectivity index (χ1v) is 12.0. The average Bonchev–Trinajstić information content (AvgIpc) is 3.29. The van der Waals surface area contributed by atoms with Gasteiger partial charge in [-0.1, -0.05) is 76.0 Å². The van der Waals surface area contributed by atoms with E-state index >= 15 is 0 Å². The molecule has 1 N–H and O–H groups in total. The lowest BCUT2D eigenvalue weighted by molar-refractivity contribution is -0.116. The van der Waals surface area contributed by atoms with Crippen LogP contribution in [0.4, 0.5) is 5.69 Å². The molecule has 0 unspecified atom stereocenters. The van der Waals surface area contributed by atoms with Gasteiger partial charge in [0.2, 0.25) is 17.7 Å². The van der Waals surface area contributed by atoms with Crippen LogP contribution in [0.1, 0.15) is 76.7 Å². The summed E-state index contributed by atoms with van der Waals surface area (Å²) in [4.78, 5) is 12.2. The van der Waals surface area contributed by atoms with E-state index in [0.29, 0.717) is 18.2 Å². The molecule has 0 aliphatic rings. The minimum absolute atomic E-state index is 0.0696. The van der Waals surface area contributed by atoms with Gasteiger partial charge in [-0.05, 0) is 49.7 Å². The topological polar surface area (TPSA) is 68.0 Å². The van der Waals surface area contributed by atoms with Crippen molar-refractivity contribution in [3.05, 3.63) is 54.1 Å². The number of anilines is 1. The highest BCUT2D eigenvalue weighted by Gasteiger charge is 2.11. The maximum atomic E-state index is 12.2. The lowest BCUT2D eigenvalue weighted by Crippen LogP contribution is -2.10. The smallest absolute Gasteiger partial charge is 0.248 e. The Morgan fingerprint density at radius 1 is 0.750 bits per heavy atom. The molecule has 170 valence electrons. The van der Waals surface area contributed by atoms with Crippen LogP contribution in [0.15, 0.2) is 52.9 Å². The van der Waals surface area contributed by atoms with Gasteiger partial charge in [-0.3, -0.25) is 4.79 Å². The number of amides is 1. The Bertz CT molecular complexity index is 946. The van der Waals surface area contributed by atoms with Crippen LogP contribution >= 0.6 is 0 Å². The summed E-state index contributed by atoms with van der Waals surface area (Å²) < 4.78 is 5.82. The number of carbonyl (C=O) groups excluding carboxylic acids is 1. The molecule has 0 radical (unpaired) electrons. The predicted molar refractivity (Wildman–Crippen MR) is 130 cm³/mol. The monoisotopic (exact) mass is 433 g/mol. The van der Waals surface area contributed by atoms with E-state index in [0.717, 1.165) is 29.7 Å². The highest BCUT2D eigenvalue weighted by Crippen LogP contribution is 2.25. The Morgan fingerprint density at radius 3 is 1.81 bits per heavy atom. The molecule has 1 heterocycles.